The van der Waals surface area contributed by atoms with Crippen molar-refractivity contribution in [3.8, 4) is 0 Å². The van der Waals surface area contributed by atoms with Crippen LogP contribution in [0.2, 0.25) is 0 Å². The summed E-state index contributed by atoms with van der Waals surface area (Å²) >= 11 is 0. The van der Waals surface area contributed by atoms with Gasteiger partial charge in [-0.1, -0.05) is 0 Å². The second-order valence-corrected chi connectivity index (χ2v) is 4.33. The van der Waals surface area contributed by atoms with Gasteiger partial charge in [0.05, 0.1) is 11.9 Å². The number of carboxylic acid groups (broad SMARTS) is 1. The van der Waals surface area contributed by atoms with Gasteiger partial charge >= 0.3 is 5.97 Å². The van der Waals surface area contributed by atoms with Crippen molar-refractivity contribution in [1.29, 1.82) is 0 Å². The van der Waals surface area contributed by atoms with Crippen molar-refractivity contribution in [1.82, 2.24) is 15.1 Å². The third-order valence-corrected chi connectivity index (χ3v) is 3.05. The molecule has 1 aliphatic heterocycles. The summed E-state index contributed by atoms with van der Waals surface area (Å²) in [4.78, 5) is 21.8. The number of aromatic carboxylic acids is 1. The van der Waals surface area contributed by atoms with Crippen LogP contribution in [0.25, 0.3) is 0 Å². The van der Waals surface area contributed by atoms with Gasteiger partial charge in [-0.2, -0.15) is 5.10 Å². The van der Waals surface area contributed by atoms with Crippen LogP contribution in [0, 0.1) is 5.92 Å². The Balaban J connectivity index is 2.08. The molecule has 0 radical (unpaired) electrons. The molecule has 2 heterocycles. The first-order valence-corrected chi connectivity index (χ1v) is 5.60. The van der Waals surface area contributed by atoms with Crippen LogP contribution in [0.4, 0.5) is 0 Å². The largest absolute Gasteiger partial charge is 0.478 e. The van der Waals surface area contributed by atoms with Crippen LogP contribution >= 0.6 is 0 Å². The minimum absolute atomic E-state index is 0.0532. The molecule has 1 atom stereocenters. The maximum Gasteiger partial charge on any atom is 0.339 e. The molecular formula is C11H15N3O3. The van der Waals surface area contributed by atoms with Crippen molar-refractivity contribution in [2.24, 2.45) is 5.92 Å². The van der Waals surface area contributed by atoms with Gasteiger partial charge in [-0.25, -0.2) is 4.79 Å². The molecule has 17 heavy (non-hydrogen) atoms. The second kappa shape index (κ2) is 4.57. The first-order chi connectivity index (χ1) is 8.08. The van der Waals surface area contributed by atoms with Crippen LogP contribution in [0.3, 0.4) is 0 Å². The topological polar surface area (TPSA) is 84.2 Å². The van der Waals surface area contributed by atoms with Gasteiger partial charge in [0.1, 0.15) is 5.56 Å². The van der Waals surface area contributed by atoms with E-state index in [0.717, 1.165) is 12.1 Å². The Morgan fingerprint density at radius 1 is 1.65 bits per heavy atom. The van der Waals surface area contributed by atoms with Crippen molar-refractivity contribution < 1.29 is 14.7 Å². The molecule has 92 valence electrons. The predicted octanol–water partition coefficient (Wildman–Crippen LogP) is 0.280. The molecule has 6 nitrogen and oxygen atoms in total. The summed E-state index contributed by atoms with van der Waals surface area (Å²) in [5, 5.41) is 15.8. The number of nitrogens with one attached hydrogen (secondary N) is 1. The minimum Gasteiger partial charge on any atom is -0.478 e. The highest BCUT2D eigenvalue weighted by Crippen LogP contribution is 2.22. The van der Waals surface area contributed by atoms with E-state index >= 15 is 0 Å². The third kappa shape index (κ3) is 2.46. The SMILES string of the molecule is CC(=O)NC[C@H]1CCn2ncc(C(=O)O)c2C1. The van der Waals surface area contributed by atoms with Gasteiger partial charge in [0.15, 0.2) is 0 Å². The van der Waals surface area contributed by atoms with E-state index in [2.05, 4.69) is 10.4 Å². The first kappa shape index (κ1) is 11.6. The molecule has 0 fully saturated rings. The zero-order chi connectivity index (χ0) is 12.4. The number of carbonyl (C=O) groups is 2. The number of aromatic nitrogens is 2. The highest BCUT2D eigenvalue weighted by atomic mass is 16.4. The fourth-order valence-corrected chi connectivity index (χ4v) is 2.14. The van der Waals surface area contributed by atoms with Gasteiger partial charge in [0.25, 0.3) is 0 Å². The van der Waals surface area contributed by atoms with E-state index in [1.165, 1.54) is 13.1 Å². The number of aryl methyl sites for hydroxylation is 1. The van der Waals surface area contributed by atoms with Crippen molar-refractivity contribution in [2.45, 2.75) is 26.3 Å². The van der Waals surface area contributed by atoms with Gasteiger partial charge < -0.3 is 10.4 Å². The molecule has 1 aliphatic rings. The van der Waals surface area contributed by atoms with E-state index in [4.69, 9.17) is 5.11 Å². The molecule has 6 heteroatoms. The van der Waals surface area contributed by atoms with Gasteiger partial charge in [-0.15, -0.1) is 0 Å². The summed E-state index contributed by atoms with van der Waals surface area (Å²) < 4.78 is 1.74. The smallest absolute Gasteiger partial charge is 0.339 e. The molecule has 0 spiro atoms. The molecule has 0 unspecified atom stereocenters. The van der Waals surface area contributed by atoms with E-state index in [-0.39, 0.29) is 11.5 Å². The van der Waals surface area contributed by atoms with Gasteiger partial charge in [0.2, 0.25) is 5.91 Å². The highest BCUT2D eigenvalue weighted by Gasteiger charge is 2.24. The lowest BCUT2D eigenvalue weighted by atomic mass is 9.94. The molecule has 0 saturated carbocycles. The van der Waals surface area contributed by atoms with Crippen LogP contribution in [0.5, 0.6) is 0 Å². The number of carboxylic acids is 1. The van der Waals surface area contributed by atoms with E-state index in [1.54, 1.807) is 4.68 Å². The van der Waals surface area contributed by atoms with E-state index in [9.17, 15) is 9.59 Å². The summed E-state index contributed by atoms with van der Waals surface area (Å²) in [6, 6.07) is 0. The average Bonchev–Trinajstić information content (AvgIpc) is 2.69. The van der Waals surface area contributed by atoms with Gasteiger partial charge in [-0.05, 0) is 18.8 Å². The lowest BCUT2D eigenvalue weighted by Gasteiger charge is -2.23. The molecule has 0 bridgehead atoms. The highest BCUT2D eigenvalue weighted by molar-refractivity contribution is 5.88. The molecule has 1 aromatic rings. The molecule has 0 saturated heterocycles. The van der Waals surface area contributed by atoms with E-state index in [1.807, 2.05) is 0 Å². The monoisotopic (exact) mass is 237 g/mol. The third-order valence-electron chi connectivity index (χ3n) is 3.05. The molecule has 0 aliphatic carbocycles. The van der Waals surface area contributed by atoms with Gasteiger partial charge in [0, 0.05) is 20.0 Å². The van der Waals surface area contributed by atoms with Crippen molar-refractivity contribution in [3.05, 3.63) is 17.5 Å². The van der Waals surface area contributed by atoms with Crippen LogP contribution in [0.1, 0.15) is 29.4 Å². The Bertz CT molecular complexity index is 453. The molecule has 1 amide bonds. The standard InChI is InChI=1S/C11H15N3O3/c1-7(15)12-5-8-2-3-14-10(4-8)9(6-13-14)11(16)17/h6,8H,2-5H2,1H3,(H,12,15)(H,16,17)/t8-/m0/s1. The summed E-state index contributed by atoms with van der Waals surface area (Å²) in [7, 11) is 0. The number of amides is 1. The average molecular weight is 237 g/mol. The molecule has 0 aromatic carbocycles. The maximum absolute atomic E-state index is 11.0. The van der Waals surface area contributed by atoms with Crippen LogP contribution in [-0.4, -0.2) is 33.3 Å². The summed E-state index contributed by atoms with van der Waals surface area (Å²) in [5.41, 5.74) is 1.04. The summed E-state index contributed by atoms with van der Waals surface area (Å²) in [6.07, 6.45) is 2.97. The van der Waals surface area contributed by atoms with Crippen molar-refractivity contribution in [2.75, 3.05) is 6.54 Å². The Morgan fingerprint density at radius 2 is 2.41 bits per heavy atom. The number of fused-ring (bicyclic) bond motifs is 1. The number of nitrogens with zero attached hydrogens (tertiary/aromatic N) is 2. The van der Waals surface area contributed by atoms with Gasteiger partial charge in [-0.3, -0.25) is 9.48 Å². The van der Waals surface area contributed by atoms with Crippen LogP contribution in [-0.2, 0) is 17.8 Å². The molecular weight excluding hydrogens is 222 g/mol. The number of hydrogen-bond acceptors (Lipinski definition) is 3. The Labute approximate surface area is 98.6 Å². The number of carbonyl (C=O) groups excluding carboxylic acids is 1. The summed E-state index contributed by atoms with van der Waals surface area (Å²) in [5.74, 6) is -0.699. The Hall–Kier alpha value is -1.85. The second-order valence-electron chi connectivity index (χ2n) is 4.33. The Morgan fingerprint density at radius 3 is 3.06 bits per heavy atom. The quantitative estimate of drug-likeness (QED) is 0.790. The fourth-order valence-electron chi connectivity index (χ4n) is 2.14. The fraction of sp³-hybridized carbons (Fsp3) is 0.545. The van der Waals surface area contributed by atoms with Crippen LogP contribution < -0.4 is 5.32 Å². The van der Waals surface area contributed by atoms with Crippen LogP contribution in [0.15, 0.2) is 6.20 Å². The first-order valence-electron chi connectivity index (χ1n) is 5.60. The zero-order valence-electron chi connectivity index (χ0n) is 9.64. The van der Waals surface area contributed by atoms with Crippen molar-refractivity contribution in [3.63, 3.8) is 0 Å². The maximum atomic E-state index is 11.0. The number of hydrogen-bond donors (Lipinski definition) is 2. The summed E-state index contributed by atoms with van der Waals surface area (Å²) in [6.45, 7) is 2.79. The normalized spacial score (nSPS) is 18.5. The number of rotatable bonds is 3. The Kier molecular flexibility index (Phi) is 3.12. The van der Waals surface area contributed by atoms with E-state index in [0.29, 0.717) is 25.4 Å². The zero-order valence-corrected chi connectivity index (χ0v) is 9.64. The van der Waals surface area contributed by atoms with Crippen molar-refractivity contribution >= 4 is 11.9 Å². The lowest BCUT2D eigenvalue weighted by molar-refractivity contribution is -0.119. The molecule has 2 N–H and O–H groups in total. The molecule has 2 rings (SSSR count). The lowest BCUT2D eigenvalue weighted by Crippen LogP contribution is -2.32. The minimum atomic E-state index is -0.938. The van der Waals surface area contributed by atoms with E-state index < -0.39 is 5.97 Å². The molecule has 1 aromatic heterocycles. The predicted molar refractivity (Wildman–Crippen MR) is 59.7 cm³/mol.